The molecule has 0 radical (unpaired) electrons. The molecule has 1 unspecified atom stereocenters. The summed E-state index contributed by atoms with van der Waals surface area (Å²) in [7, 11) is 1.44. The van der Waals surface area contributed by atoms with Gasteiger partial charge in [0.2, 0.25) is 0 Å². The Hall–Kier alpha value is -0.650. The minimum atomic E-state index is -0.702. The second-order valence-corrected chi connectivity index (χ2v) is 6.05. The summed E-state index contributed by atoms with van der Waals surface area (Å²) in [5.74, 6) is 0.0963. The summed E-state index contributed by atoms with van der Waals surface area (Å²) in [6.07, 6.45) is 4.30. The van der Waals surface area contributed by atoms with Crippen molar-refractivity contribution in [1.29, 1.82) is 0 Å². The second kappa shape index (κ2) is 9.38. The fraction of sp³-hybridized carbons (Fsp3) is 0.938. The van der Waals surface area contributed by atoms with Crippen LogP contribution in [0.5, 0.6) is 0 Å². The highest BCUT2D eigenvalue weighted by Crippen LogP contribution is 2.41. The average molecular weight is 301 g/mol. The van der Waals surface area contributed by atoms with E-state index < -0.39 is 5.54 Å². The highest BCUT2D eigenvalue weighted by atomic mass is 16.5. The molecule has 1 saturated carbocycles. The molecule has 1 fully saturated rings. The number of nitrogens with one attached hydrogen (secondary N) is 1. The van der Waals surface area contributed by atoms with E-state index in [1.165, 1.54) is 7.11 Å². The largest absolute Gasteiger partial charge is 0.468 e. The molecule has 0 aliphatic heterocycles. The number of carbonyl (C=O) groups is 1. The van der Waals surface area contributed by atoms with Gasteiger partial charge in [0.25, 0.3) is 0 Å². The average Bonchev–Trinajstić information content (AvgIpc) is 3.28. The smallest absolute Gasteiger partial charge is 0.328 e. The van der Waals surface area contributed by atoms with E-state index in [0.29, 0.717) is 25.7 Å². The van der Waals surface area contributed by atoms with Crippen LogP contribution in [0.4, 0.5) is 0 Å². The number of ether oxygens (including phenoxy) is 3. The molecular formula is C16H31NO4. The van der Waals surface area contributed by atoms with Crippen LogP contribution in [-0.4, -0.2) is 51.1 Å². The maximum Gasteiger partial charge on any atom is 0.328 e. The summed E-state index contributed by atoms with van der Waals surface area (Å²) < 4.78 is 16.2. The van der Waals surface area contributed by atoms with Crippen LogP contribution in [0.25, 0.3) is 0 Å². The maximum atomic E-state index is 12.3. The van der Waals surface area contributed by atoms with Gasteiger partial charge in [-0.2, -0.15) is 0 Å². The zero-order valence-corrected chi connectivity index (χ0v) is 13.9. The van der Waals surface area contributed by atoms with Gasteiger partial charge in [-0.1, -0.05) is 13.3 Å². The summed E-state index contributed by atoms with van der Waals surface area (Å²) in [4.78, 5) is 12.3. The number of hydrogen-bond acceptors (Lipinski definition) is 5. The summed E-state index contributed by atoms with van der Waals surface area (Å²) in [5, 5.41) is 3.38. The van der Waals surface area contributed by atoms with Crippen molar-refractivity contribution < 1.29 is 19.0 Å². The molecule has 5 heteroatoms. The third-order valence-electron chi connectivity index (χ3n) is 3.71. The van der Waals surface area contributed by atoms with Gasteiger partial charge < -0.3 is 14.2 Å². The molecule has 124 valence electrons. The monoisotopic (exact) mass is 301 g/mol. The van der Waals surface area contributed by atoms with E-state index >= 15 is 0 Å². The number of carbonyl (C=O) groups excluding carboxylic acids is 1. The molecule has 1 atom stereocenters. The van der Waals surface area contributed by atoms with Crippen molar-refractivity contribution >= 4 is 5.97 Å². The van der Waals surface area contributed by atoms with Gasteiger partial charge >= 0.3 is 5.97 Å². The SMILES string of the molecule is CCCCOCCOCC(NC(C)C)(C(=O)OC)C1CC1. The molecule has 0 aromatic carbocycles. The zero-order chi connectivity index (χ0) is 15.7. The molecular weight excluding hydrogens is 270 g/mol. The van der Waals surface area contributed by atoms with Crippen molar-refractivity contribution in [2.45, 2.75) is 58.0 Å². The van der Waals surface area contributed by atoms with Crippen molar-refractivity contribution in [2.75, 3.05) is 33.5 Å². The maximum absolute atomic E-state index is 12.3. The fourth-order valence-electron chi connectivity index (χ4n) is 2.53. The van der Waals surface area contributed by atoms with E-state index in [-0.39, 0.29) is 12.0 Å². The van der Waals surface area contributed by atoms with Crippen LogP contribution in [-0.2, 0) is 19.0 Å². The first-order valence-electron chi connectivity index (χ1n) is 8.08. The molecule has 0 aromatic rings. The number of esters is 1. The third kappa shape index (κ3) is 5.93. The minimum Gasteiger partial charge on any atom is -0.468 e. The standard InChI is InChI=1S/C16H31NO4/c1-5-6-9-20-10-11-21-12-16(14-7-8-14,15(18)19-4)17-13(2)3/h13-14,17H,5-12H2,1-4H3. The van der Waals surface area contributed by atoms with E-state index in [1.54, 1.807) is 0 Å². The Morgan fingerprint density at radius 2 is 1.90 bits per heavy atom. The van der Waals surface area contributed by atoms with Gasteiger partial charge in [-0.15, -0.1) is 0 Å². The van der Waals surface area contributed by atoms with Crippen molar-refractivity contribution in [3.05, 3.63) is 0 Å². The van der Waals surface area contributed by atoms with Gasteiger partial charge in [0.05, 0.1) is 26.9 Å². The van der Waals surface area contributed by atoms with E-state index in [9.17, 15) is 4.79 Å². The molecule has 1 rings (SSSR count). The summed E-state index contributed by atoms with van der Waals surface area (Å²) >= 11 is 0. The first-order valence-corrected chi connectivity index (χ1v) is 8.08. The predicted octanol–water partition coefficient (Wildman–Crippen LogP) is 2.14. The molecule has 5 nitrogen and oxygen atoms in total. The Morgan fingerprint density at radius 3 is 2.43 bits per heavy atom. The lowest BCUT2D eigenvalue weighted by Crippen LogP contribution is -2.60. The zero-order valence-electron chi connectivity index (χ0n) is 13.9. The number of methoxy groups -OCH3 is 1. The van der Waals surface area contributed by atoms with E-state index in [2.05, 4.69) is 12.2 Å². The first kappa shape index (κ1) is 18.4. The van der Waals surface area contributed by atoms with Gasteiger partial charge in [-0.3, -0.25) is 5.32 Å². The fourth-order valence-corrected chi connectivity index (χ4v) is 2.53. The first-order chi connectivity index (χ1) is 10.1. The van der Waals surface area contributed by atoms with Crippen LogP contribution < -0.4 is 5.32 Å². The second-order valence-electron chi connectivity index (χ2n) is 6.05. The lowest BCUT2D eigenvalue weighted by atomic mass is 9.93. The molecule has 0 heterocycles. The van der Waals surface area contributed by atoms with Crippen molar-refractivity contribution in [2.24, 2.45) is 5.92 Å². The quantitative estimate of drug-likeness (QED) is 0.442. The third-order valence-corrected chi connectivity index (χ3v) is 3.71. The Bertz CT molecular complexity index is 305. The van der Waals surface area contributed by atoms with Crippen molar-refractivity contribution in [3.8, 4) is 0 Å². The molecule has 1 N–H and O–H groups in total. The highest BCUT2D eigenvalue weighted by Gasteiger charge is 2.52. The van der Waals surface area contributed by atoms with Crippen LogP contribution in [0.3, 0.4) is 0 Å². The highest BCUT2D eigenvalue weighted by molar-refractivity contribution is 5.82. The lowest BCUT2D eigenvalue weighted by molar-refractivity contribution is -0.153. The number of unbranched alkanes of at least 4 members (excludes halogenated alkanes) is 1. The number of rotatable bonds is 12. The van der Waals surface area contributed by atoms with Crippen LogP contribution in [0.1, 0.15) is 46.5 Å². The van der Waals surface area contributed by atoms with Crippen molar-refractivity contribution in [3.63, 3.8) is 0 Å². The van der Waals surface area contributed by atoms with E-state index in [0.717, 1.165) is 32.3 Å². The van der Waals surface area contributed by atoms with Crippen molar-refractivity contribution in [1.82, 2.24) is 5.32 Å². The van der Waals surface area contributed by atoms with Gasteiger partial charge in [0.1, 0.15) is 5.54 Å². The Morgan fingerprint density at radius 1 is 1.24 bits per heavy atom. The normalized spacial score (nSPS) is 17.8. The van der Waals surface area contributed by atoms with Gasteiger partial charge in [0, 0.05) is 12.6 Å². The van der Waals surface area contributed by atoms with Gasteiger partial charge in [-0.25, -0.2) is 4.79 Å². The Balaban J connectivity index is 2.43. The van der Waals surface area contributed by atoms with Crippen LogP contribution in [0.2, 0.25) is 0 Å². The molecule has 1 aliphatic carbocycles. The molecule has 1 aliphatic rings. The molecule has 0 aromatic heterocycles. The molecule has 0 saturated heterocycles. The summed E-state index contributed by atoms with van der Waals surface area (Å²) in [6, 6.07) is 0.203. The predicted molar refractivity (Wildman–Crippen MR) is 82.3 cm³/mol. The van der Waals surface area contributed by atoms with E-state index in [4.69, 9.17) is 14.2 Å². The van der Waals surface area contributed by atoms with Crippen LogP contribution in [0.15, 0.2) is 0 Å². The molecule has 0 spiro atoms. The molecule has 0 amide bonds. The molecule has 0 bridgehead atoms. The van der Waals surface area contributed by atoms with Gasteiger partial charge in [-0.05, 0) is 39.0 Å². The van der Waals surface area contributed by atoms with E-state index in [1.807, 2.05) is 13.8 Å². The van der Waals surface area contributed by atoms with Crippen LogP contribution >= 0.6 is 0 Å². The summed E-state index contributed by atoms with van der Waals surface area (Å²) in [5.41, 5.74) is -0.702. The summed E-state index contributed by atoms with van der Waals surface area (Å²) in [6.45, 7) is 8.41. The molecule has 21 heavy (non-hydrogen) atoms. The van der Waals surface area contributed by atoms with Gasteiger partial charge in [0.15, 0.2) is 0 Å². The Labute approximate surface area is 128 Å². The van der Waals surface area contributed by atoms with Crippen LogP contribution in [0, 0.1) is 5.92 Å². The minimum absolute atomic E-state index is 0.203. The topological polar surface area (TPSA) is 56.8 Å². The number of hydrogen-bond donors (Lipinski definition) is 1. The Kier molecular flexibility index (Phi) is 8.22. The lowest BCUT2D eigenvalue weighted by Gasteiger charge is -2.34.